The number of nitrogens with one attached hydrogen (secondary N) is 1. The Kier molecular flexibility index (Phi) is 6.53. The van der Waals surface area contributed by atoms with Gasteiger partial charge in [-0.3, -0.25) is 4.79 Å². The molecule has 174 valence electrons. The molecular formula is C24H26FN3O4S. The zero-order chi connectivity index (χ0) is 23.6. The molecule has 1 unspecified atom stereocenters. The fourth-order valence-corrected chi connectivity index (χ4v) is 5.41. The Morgan fingerprint density at radius 1 is 1.18 bits per heavy atom. The van der Waals surface area contributed by atoms with Crippen LogP contribution in [0.2, 0.25) is 0 Å². The smallest absolute Gasteiger partial charge is 0.268 e. The Balaban J connectivity index is 1.68. The minimum atomic E-state index is -4.03. The molecule has 1 aliphatic heterocycles. The van der Waals surface area contributed by atoms with E-state index in [1.54, 1.807) is 48.3 Å². The van der Waals surface area contributed by atoms with Crippen molar-refractivity contribution in [2.45, 2.75) is 30.9 Å². The summed E-state index contributed by atoms with van der Waals surface area (Å²) in [5, 5.41) is 2.99. The van der Waals surface area contributed by atoms with Gasteiger partial charge in [-0.2, -0.15) is 0 Å². The molecule has 3 aromatic rings. The summed E-state index contributed by atoms with van der Waals surface area (Å²) in [6.45, 7) is 3.03. The number of halogens is 1. The third-order valence-corrected chi connectivity index (χ3v) is 7.30. The molecule has 7 nitrogen and oxygen atoms in total. The minimum absolute atomic E-state index is 0.0110. The molecular weight excluding hydrogens is 445 g/mol. The highest BCUT2D eigenvalue weighted by Gasteiger charge is 2.27. The van der Waals surface area contributed by atoms with Gasteiger partial charge in [0.15, 0.2) is 0 Å². The van der Waals surface area contributed by atoms with Gasteiger partial charge >= 0.3 is 0 Å². The monoisotopic (exact) mass is 471 g/mol. The number of likely N-dealkylation sites (tertiary alicyclic amines) is 1. The van der Waals surface area contributed by atoms with Crippen molar-refractivity contribution in [3.8, 4) is 17.0 Å². The van der Waals surface area contributed by atoms with Gasteiger partial charge in [0.05, 0.1) is 17.1 Å². The van der Waals surface area contributed by atoms with Gasteiger partial charge in [-0.05, 0) is 42.9 Å². The van der Waals surface area contributed by atoms with Crippen molar-refractivity contribution in [3.05, 3.63) is 72.2 Å². The van der Waals surface area contributed by atoms with Gasteiger partial charge in [-0.15, -0.1) is 0 Å². The Bertz CT molecular complexity index is 1270. The molecule has 0 bridgehead atoms. The molecule has 1 aromatic heterocycles. The quantitative estimate of drug-likeness (QED) is 0.572. The summed E-state index contributed by atoms with van der Waals surface area (Å²) in [5.41, 5.74) is 1.16. The molecule has 1 aliphatic rings. The number of nitrogens with zero attached hydrogens (tertiary/aromatic N) is 2. The number of carbonyl (C=O) groups is 1. The largest absolute Gasteiger partial charge is 0.488 e. The summed E-state index contributed by atoms with van der Waals surface area (Å²) in [5.74, 6) is -0.110. The van der Waals surface area contributed by atoms with Crippen molar-refractivity contribution < 1.29 is 22.3 Å². The average Bonchev–Trinajstić information content (AvgIpc) is 3.42. The second-order valence-corrected chi connectivity index (χ2v) is 9.83. The second-order valence-electron chi connectivity index (χ2n) is 8.01. The maximum Gasteiger partial charge on any atom is 0.268 e. The van der Waals surface area contributed by atoms with Crippen LogP contribution >= 0.6 is 0 Å². The zero-order valence-corrected chi connectivity index (χ0v) is 19.3. The average molecular weight is 472 g/mol. The van der Waals surface area contributed by atoms with Crippen molar-refractivity contribution in [1.29, 1.82) is 0 Å². The highest BCUT2D eigenvalue weighted by Crippen LogP contribution is 2.30. The SMILES string of the molecule is CNCc1cc(-c2ccccc2F)n(S(=O)(=O)c2cccc(OC3CCN(C(C)=O)C3)c2)c1. The van der Waals surface area contributed by atoms with E-state index < -0.39 is 15.8 Å². The van der Waals surface area contributed by atoms with E-state index in [0.29, 0.717) is 37.4 Å². The van der Waals surface area contributed by atoms with E-state index in [2.05, 4.69) is 5.32 Å². The van der Waals surface area contributed by atoms with Gasteiger partial charge in [-0.25, -0.2) is 16.8 Å². The molecule has 1 amide bonds. The first kappa shape index (κ1) is 23.0. The standard InChI is InChI=1S/C24H26FN3O4S/c1-17(29)27-11-10-20(16-27)32-19-6-5-7-21(13-19)33(30,31)28-15-18(14-26-2)12-24(28)22-8-3-4-9-23(22)25/h3-9,12-13,15,20,26H,10-11,14,16H2,1-2H3. The molecule has 2 heterocycles. The molecule has 1 N–H and O–H groups in total. The van der Waals surface area contributed by atoms with Crippen LogP contribution in [0.3, 0.4) is 0 Å². The molecule has 2 aromatic carbocycles. The lowest BCUT2D eigenvalue weighted by atomic mass is 10.1. The van der Waals surface area contributed by atoms with Gasteiger partial charge in [0, 0.05) is 44.3 Å². The molecule has 1 fully saturated rings. The topological polar surface area (TPSA) is 80.6 Å². The van der Waals surface area contributed by atoms with Gasteiger partial charge in [0.25, 0.3) is 10.0 Å². The fraction of sp³-hybridized carbons (Fsp3) is 0.292. The van der Waals surface area contributed by atoms with E-state index in [-0.39, 0.29) is 28.2 Å². The van der Waals surface area contributed by atoms with Crippen LogP contribution in [0.25, 0.3) is 11.3 Å². The summed E-state index contributed by atoms with van der Waals surface area (Å²) in [7, 11) is -2.28. The third-order valence-electron chi connectivity index (χ3n) is 5.63. The highest BCUT2D eigenvalue weighted by atomic mass is 32.2. The summed E-state index contributed by atoms with van der Waals surface area (Å²) in [6.07, 6.45) is 1.98. The summed E-state index contributed by atoms with van der Waals surface area (Å²) >= 11 is 0. The zero-order valence-electron chi connectivity index (χ0n) is 18.5. The van der Waals surface area contributed by atoms with Gasteiger partial charge < -0.3 is 15.0 Å². The van der Waals surface area contributed by atoms with Crippen LogP contribution < -0.4 is 10.1 Å². The predicted octanol–water partition coefficient (Wildman–Crippen LogP) is 3.25. The van der Waals surface area contributed by atoms with Crippen LogP contribution in [0.15, 0.2) is 65.7 Å². The number of amides is 1. The number of ether oxygens (including phenoxy) is 1. The lowest BCUT2D eigenvalue weighted by Crippen LogP contribution is -2.28. The molecule has 0 radical (unpaired) electrons. The lowest BCUT2D eigenvalue weighted by molar-refractivity contribution is -0.128. The maximum absolute atomic E-state index is 14.5. The Hall–Kier alpha value is -3.17. The molecule has 33 heavy (non-hydrogen) atoms. The summed E-state index contributed by atoms with van der Waals surface area (Å²) in [4.78, 5) is 13.3. The van der Waals surface area contributed by atoms with E-state index >= 15 is 0 Å². The van der Waals surface area contributed by atoms with E-state index in [1.807, 2.05) is 0 Å². The normalized spacial score (nSPS) is 16.2. The Morgan fingerprint density at radius 2 is 1.97 bits per heavy atom. The summed E-state index contributed by atoms with van der Waals surface area (Å²) < 4.78 is 48.8. The molecule has 0 aliphatic carbocycles. The first-order chi connectivity index (χ1) is 15.8. The van der Waals surface area contributed by atoms with E-state index in [4.69, 9.17) is 4.74 Å². The van der Waals surface area contributed by atoms with Gasteiger partial charge in [-0.1, -0.05) is 18.2 Å². The van der Waals surface area contributed by atoms with Gasteiger partial charge in [0.2, 0.25) is 5.91 Å². The number of hydrogen-bond donors (Lipinski definition) is 1. The molecule has 1 saturated heterocycles. The van der Waals surface area contributed by atoms with Crippen molar-refractivity contribution in [2.24, 2.45) is 0 Å². The van der Waals surface area contributed by atoms with Crippen LogP contribution in [-0.2, 0) is 21.4 Å². The number of aromatic nitrogens is 1. The van der Waals surface area contributed by atoms with E-state index in [1.165, 1.54) is 31.3 Å². The molecule has 0 saturated carbocycles. The van der Waals surface area contributed by atoms with Crippen molar-refractivity contribution in [3.63, 3.8) is 0 Å². The highest BCUT2D eigenvalue weighted by molar-refractivity contribution is 7.90. The summed E-state index contributed by atoms with van der Waals surface area (Å²) in [6, 6.07) is 14.0. The van der Waals surface area contributed by atoms with Crippen LogP contribution in [0.4, 0.5) is 4.39 Å². The predicted molar refractivity (Wildman–Crippen MR) is 123 cm³/mol. The Labute approximate surface area is 192 Å². The van der Waals surface area contributed by atoms with Gasteiger partial charge in [0.1, 0.15) is 17.7 Å². The van der Waals surface area contributed by atoms with Crippen LogP contribution in [-0.4, -0.2) is 49.4 Å². The van der Waals surface area contributed by atoms with E-state index in [9.17, 15) is 17.6 Å². The first-order valence-corrected chi connectivity index (χ1v) is 12.1. The molecule has 4 rings (SSSR count). The second kappa shape index (κ2) is 9.36. The number of benzene rings is 2. The molecule has 9 heteroatoms. The maximum atomic E-state index is 14.5. The first-order valence-electron chi connectivity index (χ1n) is 10.7. The van der Waals surface area contributed by atoms with Crippen LogP contribution in [0, 0.1) is 5.82 Å². The number of rotatable bonds is 7. The Morgan fingerprint density at radius 3 is 2.67 bits per heavy atom. The fourth-order valence-electron chi connectivity index (χ4n) is 3.99. The number of hydrogen-bond acceptors (Lipinski definition) is 5. The van der Waals surface area contributed by atoms with Crippen LogP contribution in [0.5, 0.6) is 5.75 Å². The van der Waals surface area contributed by atoms with Crippen molar-refractivity contribution >= 4 is 15.9 Å². The molecule has 0 spiro atoms. The van der Waals surface area contributed by atoms with Crippen molar-refractivity contribution in [2.75, 3.05) is 20.1 Å². The van der Waals surface area contributed by atoms with Crippen molar-refractivity contribution in [1.82, 2.24) is 14.2 Å². The lowest BCUT2D eigenvalue weighted by Gasteiger charge is -2.16. The van der Waals surface area contributed by atoms with Crippen LogP contribution in [0.1, 0.15) is 18.9 Å². The molecule has 1 atom stereocenters. The number of carbonyl (C=O) groups excluding carboxylic acids is 1. The third kappa shape index (κ3) is 4.79. The van der Waals surface area contributed by atoms with E-state index in [0.717, 1.165) is 3.97 Å². The minimum Gasteiger partial charge on any atom is -0.488 e.